The molecule has 0 saturated carbocycles. The first-order valence-corrected chi connectivity index (χ1v) is 6.27. The number of methoxy groups -OCH3 is 1. The molecule has 21 heavy (non-hydrogen) atoms. The maximum Gasteiger partial charge on any atom is 0.358 e. The van der Waals surface area contributed by atoms with Crippen molar-refractivity contribution >= 4 is 5.97 Å². The number of ether oxygens (including phenoxy) is 2. The summed E-state index contributed by atoms with van der Waals surface area (Å²) in [5.41, 5.74) is 0.954. The molecule has 0 N–H and O–H groups in total. The number of aryl methyl sites for hydroxylation is 1. The van der Waals surface area contributed by atoms with Gasteiger partial charge in [0.25, 0.3) is 0 Å². The summed E-state index contributed by atoms with van der Waals surface area (Å²) in [6, 6.07) is 1.44. The highest BCUT2D eigenvalue weighted by Gasteiger charge is 2.16. The lowest BCUT2D eigenvalue weighted by molar-refractivity contribution is 0.0592. The molecule has 0 bridgehead atoms. The number of pyridine rings is 1. The molecule has 0 radical (unpaired) electrons. The number of nitrogens with zero attached hydrogens (tertiary/aromatic N) is 3. The number of carbonyl (C=O) groups excluding carboxylic acids is 1. The van der Waals surface area contributed by atoms with Gasteiger partial charge in [0.2, 0.25) is 5.88 Å². The second kappa shape index (κ2) is 6.25. The van der Waals surface area contributed by atoms with Gasteiger partial charge in [0.15, 0.2) is 11.5 Å². The van der Waals surface area contributed by atoms with Crippen LogP contribution < -0.4 is 4.74 Å². The molecule has 0 amide bonds. The first-order chi connectivity index (χ1) is 10.1. The third kappa shape index (κ3) is 3.13. The zero-order valence-corrected chi connectivity index (χ0v) is 11.9. The van der Waals surface area contributed by atoms with Gasteiger partial charge in [-0.1, -0.05) is 0 Å². The SMILES string of the molecule is CCOc1cc(-c2cnc(C(=O)OC)c(C)n2)c(F)cn1. The molecule has 6 nitrogen and oxygen atoms in total. The third-order valence-corrected chi connectivity index (χ3v) is 2.72. The van der Waals surface area contributed by atoms with Gasteiger partial charge in [-0.05, 0) is 13.8 Å². The van der Waals surface area contributed by atoms with Crippen LogP contribution in [-0.2, 0) is 4.74 Å². The smallest absolute Gasteiger partial charge is 0.358 e. The van der Waals surface area contributed by atoms with Crippen molar-refractivity contribution in [1.82, 2.24) is 15.0 Å². The van der Waals surface area contributed by atoms with E-state index >= 15 is 0 Å². The van der Waals surface area contributed by atoms with Crippen molar-refractivity contribution in [3.8, 4) is 17.1 Å². The van der Waals surface area contributed by atoms with Crippen molar-refractivity contribution in [2.45, 2.75) is 13.8 Å². The molecular weight excluding hydrogens is 277 g/mol. The molecule has 2 heterocycles. The zero-order valence-electron chi connectivity index (χ0n) is 11.9. The summed E-state index contributed by atoms with van der Waals surface area (Å²) >= 11 is 0. The summed E-state index contributed by atoms with van der Waals surface area (Å²) in [5.74, 6) is -0.833. The van der Waals surface area contributed by atoms with Crippen molar-refractivity contribution in [2.75, 3.05) is 13.7 Å². The van der Waals surface area contributed by atoms with Gasteiger partial charge in [-0.2, -0.15) is 0 Å². The van der Waals surface area contributed by atoms with Crippen molar-refractivity contribution in [2.24, 2.45) is 0 Å². The van der Waals surface area contributed by atoms with E-state index in [1.807, 2.05) is 0 Å². The molecule has 0 aromatic carbocycles. The highest BCUT2D eigenvalue weighted by Crippen LogP contribution is 2.24. The van der Waals surface area contributed by atoms with E-state index in [0.29, 0.717) is 23.9 Å². The normalized spacial score (nSPS) is 10.3. The predicted molar refractivity (Wildman–Crippen MR) is 72.5 cm³/mol. The molecule has 0 aliphatic rings. The number of carbonyl (C=O) groups is 1. The lowest BCUT2D eigenvalue weighted by Gasteiger charge is -2.08. The van der Waals surface area contributed by atoms with E-state index in [-0.39, 0.29) is 11.3 Å². The van der Waals surface area contributed by atoms with Crippen molar-refractivity contribution in [3.05, 3.63) is 35.7 Å². The Morgan fingerprint density at radius 2 is 2.10 bits per heavy atom. The lowest BCUT2D eigenvalue weighted by atomic mass is 10.2. The van der Waals surface area contributed by atoms with E-state index in [2.05, 4.69) is 19.7 Å². The Bertz CT molecular complexity index is 677. The Labute approximate surface area is 121 Å². The van der Waals surface area contributed by atoms with Crippen LogP contribution in [0.25, 0.3) is 11.3 Å². The van der Waals surface area contributed by atoms with E-state index in [0.717, 1.165) is 6.20 Å². The Hall–Kier alpha value is -2.57. The molecule has 2 aromatic heterocycles. The number of aromatic nitrogens is 3. The Morgan fingerprint density at radius 3 is 2.71 bits per heavy atom. The number of esters is 1. The van der Waals surface area contributed by atoms with Crippen LogP contribution in [0.3, 0.4) is 0 Å². The lowest BCUT2D eigenvalue weighted by Crippen LogP contribution is -2.09. The number of hydrogen-bond donors (Lipinski definition) is 0. The van der Waals surface area contributed by atoms with Crippen LogP contribution in [0.5, 0.6) is 5.88 Å². The first kappa shape index (κ1) is 14.8. The van der Waals surface area contributed by atoms with Crippen molar-refractivity contribution in [1.29, 1.82) is 0 Å². The van der Waals surface area contributed by atoms with E-state index in [1.54, 1.807) is 13.8 Å². The molecule has 0 atom stereocenters. The fraction of sp³-hybridized carbons (Fsp3) is 0.286. The van der Waals surface area contributed by atoms with E-state index < -0.39 is 11.8 Å². The Morgan fingerprint density at radius 1 is 1.33 bits per heavy atom. The van der Waals surface area contributed by atoms with Crippen molar-refractivity contribution < 1.29 is 18.7 Å². The molecule has 7 heteroatoms. The number of hydrogen-bond acceptors (Lipinski definition) is 6. The van der Waals surface area contributed by atoms with Gasteiger partial charge in [0.05, 0.1) is 37.5 Å². The topological polar surface area (TPSA) is 74.2 Å². The fourth-order valence-electron chi connectivity index (χ4n) is 1.75. The van der Waals surface area contributed by atoms with Crippen LogP contribution in [0, 0.1) is 12.7 Å². The summed E-state index contributed by atoms with van der Waals surface area (Å²) < 4.78 is 23.7. The van der Waals surface area contributed by atoms with Crippen LogP contribution in [0.15, 0.2) is 18.5 Å². The minimum Gasteiger partial charge on any atom is -0.478 e. The standard InChI is InChI=1S/C14H14FN3O3/c1-4-21-12-5-9(10(15)6-16-12)11-7-17-13(8(2)18-11)14(19)20-3/h5-7H,4H2,1-3H3. The fourth-order valence-corrected chi connectivity index (χ4v) is 1.75. The number of halogens is 1. The van der Waals surface area contributed by atoms with E-state index in [4.69, 9.17) is 4.74 Å². The summed E-state index contributed by atoms with van der Waals surface area (Å²) in [7, 11) is 1.26. The minimum atomic E-state index is -0.586. The van der Waals surface area contributed by atoms with Gasteiger partial charge in [0, 0.05) is 11.6 Å². The minimum absolute atomic E-state index is 0.0979. The van der Waals surface area contributed by atoms with Crippen molar-refractivity contribution in [3.63, 3.8) is 0 Å². The molecule has 0 spiro atoms. The molecule has 2 rings (SSSR count). The maximum atomic E-state index is 13.9. The summed E-state index contributed by atoms with van der Waals surface area (Å²) in [4.78, 5) is 23.4. The van der Waals surface area contributed by atoms with Gasteiger partial charge in [-0.25, -0.2) is 24.1 Å². The molecule has 0 fully saturated rings. The quantitative estimate of drug-likeness (QED) is 0.804. The van der Waals surface area contributed by atoms with Crippen LogP contribution in [0.4, 0.5) is 4.39 Å². The highest BCUT2D eigenvalue weighted by molar-refractivity contribution is 5.88. The van der Waals surface area contributed by atoms with E-state index in [1.165, 1.54) is 19.4 Å². The average Bonchev–Trinajstić information content (AvgIpc) is 2.48. The average molecular weight is 291 g/mol. The van der Waals surface area contributed by atoms with E-state index in [9.17, 15) is 9.18 Å². The molecule has 0 unspecified atom stereocenters. The largest absolute Gasteiger partial charge is 0.478 e. The monoisotopic (exact) mass is 291 g/mol. The van der Waals surface area contributed by atoms with Crippen LogP contribution >= 0.6 is 0 Å². The molecular formula is C14H14FN3O3. The molecule has 2 aromatic rings. The summed E-state index contributed by atoms with van der Waals surface area (Å²) in [6.45, 7) is 3.83. The summed E-state index contributed by atoms with van der Waals surface area (Å²) in [6.07, 6.45) is 2.37. The molecule has 110 valence electrons. The van der Waals surface area contributed by atoms with Crippen LogP contribution in [0.1, 0.15) is 23.1 Å². The number of rotatable bonds is 4. The van der Waals surface area contributed by atoms with Gasteiger partial charge >= 0.3 is 5.97 Å². The molecule has 0 aliphatic carbocycles. The second-order valence-electron chi connectivity index (χ2n) is 4.12. The first-order valence-electron chi connectivity index (χ1n) is 6.27. The van der Waals surface area contributed by atoms with Gasteiger partial charge < -0.3 is 9.47 Å². The van der Waals surface area contributed by atoms with Gasteiger partial charge in [-0.3, -0.25) is 0 Å². The highest BCUT2D eigenvalue weighted by atomic mass is 19.1. The Kier molecular flexibility index (Phi) is 4.42. The van der Waals surface area contributed by atoms with Crippen LogP contribution in [-0.4, -0.2) is 34.6 Å². The predicted octanol–water partition coefficient (Wildman–Crippen LogP) is 2.17. The van der Waals surface area contributed by atoms with Crippen LogP contribution in [0.2, 0.25) is 0 Å². The molecule has 0 aliphatic heterocycles. The Balaban J connectivity index is 2.45. The third-order valence-electron chi connectivity index (χ3n) is 2.72. The maximum absolute atomic E-state index is 13.9. The van der Waals surface area contributed by atoms with Gasteiger partial charge in [-0.15, -0.1) is 0 Å². The van der Waals surface area contributed by atoms with Gasteiger partial charge in [0.1, 0.15) is 0 Å². The summed E-state index contributed by atoms with van der Waals surface area (Å²) in [5, 5.41) is 0. The molecule has 0 saturated heterocycles. The second-order valence-corrected chi connectivity index (χ2v) is 4.12. The zero-order chi connectivity index (χ0) is 15.4.